The van der Waals surface area contributed by atoms with Crippen LogP contribution in [0.3, 0.4) is 0 Å². The lowest BCUT2D eigenvalue weighted by Crippen LogP contribution is -2.15. The Bertz CT molecular complexity index is 954. The van der Waals surface area contributed by atoms with Gasteiger partial charge in [-0.25, -0.2) is 0 Å². The summed E-state index contributed by atoms with van der Waals surface area (Å²) in [7, 11) is 0. The lowest BCUT2D eigenvalue weighted by molar-refractivity contribution is -0.113. The zero-order chi connectivity index (χ0) is 18.7. The number of thioether (sulfide) groups is 1. The Hall–Kier alpha value is -2.31. The molecule has 1 heterocycles. The third-order valence-corrected chi connectivity index (χ3v) is 5.12. The summed E-state index contributed by atoms with van der Waals surface area (Å²) in [4.78, 5) is 12.3. The highest BCUT2D eigenvalue weighted by atomic mass is 35.5. The van der Waals surface area contributed by atoms with Gasteiger partial charge in [0.1, 0.15) is 5.82 Å². The van der Waals surface area contributed by atoms with Crippen LogP contribution in [0.15, 0.2) is 47.6 Å². The lowest BCUT2D eigenvalue weighted by atomic mass is 10.2. The Morgan fingerprint density at radius 1 is 1.12 bits per heavy atom. The van der Waals surface area contributed by atoms with E-state index in [1.807, 2.05) is 55.7 Å². The molecule has 3 rings (SSSR count). The first kappa shape index (κ1) is 18.5. The maximum Gasteiger partial charge on any atom is 0.234 e. The predicted molar refractivity (Wildman–Crippen MR) is 106 cm³/mol. The van der Waals surface area contributed by atoms with E-state index in [9.17, 15) is 4.79 Å². The van der Waals surface area contributed by atoms with Crippen molar-refractivity contribution < 1.29 is 4.79 Å². The molecule has 7 heteroatoms. The molecule has 0 unspecified atom stereocenters. The molecule has 5 nitrogen and oxygen atoms in total. The van der Waals surface area contributed by atoms with Gasteiger partial charge in [0.05, 0.1) is 11.4 Å². The fourth-order valence-electron chi connectivity index (χ4n) is 2.57. The van der Waals surface area contributed by atoms with Crippen molar-refractivity contribution in [3.05, 3.63) is 64.4 Å². The maximum atomic E-state index is 12.3. The normalized spacial score (nSPS) is 10.8. The van der Waals surface area contributed by atoms with E-state index in [-0.39, 0.29) is 11.7 Å². The summed E-state index contributed by atoms with van der Waals surface area (Å²) >= 11 is 7.35. The van der Waals surface area contributed by atoms with Crippen LogP contribution in [0.5, 0.6) is 0 Å². The number of aryl methyl sites for hydroxylation is 3. The second-order valence-electron chi connectivity index (χ2n) is 5.95. The SMILES string of the molecule is Cc1ccc(Cl)cc1NC(=O)CSc1nnc(C)n1-c1ccccc1C. The molecule has 0 aliphatic carbocycles. The fraction of sp³-hybridized carbons (Fsp3) is 0.211. The average Bonchev–Trinajstić information content (AvgIpc) is 2.97. The van der Waals surface area contributed by atoms with Crippen LogP contribution in [0.25, 0.3) is 5.69 Å². The van der Waals surface area contributed by atoms with Crippen LogP contribution >= 0.6 is 23.4 Å². The fourth-order valence-corrected chi connectivity index (χ4v) is 3.54. The van der Waals surface area contributed by atoms with E-state index in [0.717, 1.165) is 28.3 Å². The second-order valence-corrected chi connectivity index (χ2v) is 7.33. The molecule has 0 aliphatic rings. The Morgan fingerprint density at radius 2 is 1.88 bits per heavy atom. The minimum absolute atomic E-state index is 0.114. The van der Waals surface area contributed by atoms with E-state index in [1.54, 1.807) is 12.1 Å². The molecule has 134 valence electrons. The molecule has 0 saturated heterocycles. The number of hydrogen-bond donors (Lipinski definition) is 1. The van der Waals surface area contributed by atoms with Crippen molar-refractivity contribution in [1.29, 1.82) is 0 Å². The molecule has 3 aromatic rings. The van der Waals surface area contributed by atoms with Gasteiger partial charge in [0, 0.05) is 10.7 Å². The summed E-state index contributed by atoms with van der Waals surface area (Å²) in [6.45, 7) is 5.87. The van der Waals surface area contributed by atoms with E-state index in [4.69, 9.17) is 11.6 Å². The van der Waals surface area contributed by atoms with Crippen LogP contribution < -0.4 is 5.32 Å². The monoisotopic (exact) mass is 386 g/mol. The second kappa shape index (κ2) is 7.93. The number of carbonyl (C=O) groups excluding carboxylic acids is 1. The van der Waals surface area contributed by atoms with Crippen molar-refractivity contribution in [3.8, 4) is 5.69 Å². The molecule has 0 aliphatic heterocycles. The summed E-state index contributed by atoms with van der Waals surface area (Å²) in [6.07, 6.45) is 0. The number of anilines is 1. The molecule has 0 bridgehead atoms. The molecular weight excluding hydrogens is 368 g/mol. The average molecular weight is 387 g/mol. The first-order valence-electron chi connectivity index (χ1n) is 8.12. The third kappa shape index (κ3) is 4.08. The number of para-hydroxylation sites is 1. The van der Waals surface area contributed by atoms with Crippen LogP contribution in [0, 0.1) is 20.8 Å². The summed E-state index contributed by atoms with van der Waals surface area (Å²) in [6, 6.07) is 13.5. The van der Waals surface area contributed by atoms with E-state index >= 15 is 0 Å². The highest BCUT2D eigenvalue weighted by Gasteiger charge is 2.15. The van der Waals surface area contributed by atoms with Gasteiger partial charge >= 0.3 is 0 Å². The number of carbonyl (C=O) groups is 1. The summed E-state index contributed by atoms with van der Waals surface area (Å²) in [5, 5.41) is 12.6. The van der Waals surface area contributed by atoms with Crippen molar-refractivity contribution in [2.24, 2.45) is 0 Å². The number of rotatable bonds is 5. The van der Waals surface area contributed by atoms with Gasteiger partial charge in [0.15, 0.2) is 5.16 Å². The number of aromatic nitrogens is 3. The van der Waals surface area contributed by atoms with E-state index in [1.165, 1.54) is 11.8 Å². The van der Waals surface area contributed by atoms with Gasteiger partial charge in [-0.1, -0.05) is 47.6 Å². The van der Waals surface area contributed by atoms with Gasteiger partial charge < -0.3 is 5.32 Å². The highest BCUT2D eigenvalue weighted by molar-refractivity contribution is 7.99. The van der Waals surface area contributed by atoms with Crippen molar-refractivity contribution >= 4 is 35.0 Å². The molecule has 2 aromatic carbocycles. The standard InChI is InChI=1S/C19H19ClN4OS/c1-12-8-9-15(20)10-16(12)21-18(25)11-26-19-23-22-14(3)24(19)17-7-5-4-6-13(17)2/h4-10H,11H2,1-3H3,(H,21,25). The van der Waals surface area contributed by atoms with E-state index in [0.29, 0.717) is 10.2 Å². The minimum Gasteiger partial charge on any atom is -0.325 e. The van der Waals surface area contributed by atoms with Gasteiger partial charge in [0.25, 0.3) is 0 Å². The smallest absolute Gasteiger partial charge is 0.234 e. The molecule has 0 spiro atoms. The number of benzene rings is 2. The van der Waals surface area contributed by atoms with Crippen LogP contribution in [0.2, 0.25) is 5.02 Å². The zero-order valence-electron chi connectivity index (χ0n) is 14.8. The zero-order valence-corrected chi connectivity index (χ0v) is 16.4. The first-order chi connectivity index (χ1) is 12.5. The molecule has 0 fully saturated rings. The van der Waals surface area contributed by atoms with Crippen LogP contribution in [-0.4, -0.2) is 26.4 Å². The molecule has 0 saturated carbocycles. The van der Waals surface area contributed by atoms with Crippen LogP contribution in [0.1, 0.15) is 17.0 Å². The summed E-state index contributed by atoms with van der Waals surface area (Å²) in [5.41, 5.74) is 3.83. The summed E-state index contributed by atoms with van der Waals surface area (Å²) in [5.74, 6) is 0.904. The van der Waals surface area contributed by atoms with Gasteiger partial charge in [-0.2, -0.15) is 0 Å². The number of nitrogens with zero attached hydrogens (tertiary/aromatic N) is 3. The van der Waals surface area contributed by atoms with Gasteiger partial charge in [-0.15, -0.1) is 10.2 Å². The maximum absolute atomic E-state index is 12.3. The van der Waals surface area contributed by atoms with E-state index in [2.05, 4.69) is 15.5 Å². The third-order valence-electron chi connectivity index (χ3n) is 3.96. The molecule has 0 atom stereocenters. The van der Waals surface area contributed by atoms with Crippen LogP contribution in [-0.2, 0) is 4.79 Å². The minimum atomic E-state index is -0.114. The van der Waals surface area contributed by atoms with Gasteiger partial charge in [0.2, 0.25) is 5.91 Å². The topological polar surface area (TPSA) is 59.8 Å². The molecule has 1 N–H and O–H groups in total. The van der Waals surface area contributed by atoms with E-state index < -0.39 is 0 Å². The van der Waals surface area contributed by atoms with Crippen molar-refractivity contribution in [3.63, 3.8) is 0 Å². The Morgan fingerprint density at radius 3 is 2.65 bits per heavy atom. The Balaban J connectivity index is 1.74. The van der Waals surface area contributed by atoms with Gasteiger partial charge in [-0.3, -0.25) is 9.36 Å². The quantitative estimate of drug-likeness (QED) is 0.652. The van der Waals surface area contributed by atoms with Gasteiger partial charge in [-0.05, 0) is 50.1 Å². The molecule has 0 radical (unpaired) electrons. The molecule has 26 heavy (non-hydrogen) atoms. The Kier molecular flexibility index (Phi) is 5.64. The number of nitrogens with one attached hydrogen (secondary N) is 1. The lowest BCUT2D eigenvalue weighted by Gasteiger charge is -2.11. The molecule has 1 aromatic heterocycles. The van der Waals surface area contributed by atoms with Crippen molar-refractivity contribution in [2.45, 2.75) is 25.9 Å². The molecule has 1 amide bonds. The number of hydrogen-bond acceptors (Lipinski definition) is 4. The summed E-state index contributed by atoms with van der Waals surface area (Å²) < 4.78 is 1.97. The van der Waals surface area contributed by atoms with Crippen molar-refractivity contribution in [1.82, 2.24) is 14.8 Å². The molecular formula is C19H19ClN4OS. The van der Waals surface area contributed by atoms with Crippen LogP contribution in [0.4, 0.5) is 5.69 Å². The first-order valence-corrected chi connectivity index (χ1v) is 9.49. The predicted octanol–water partition coefficient (Wildman–Crippen LogP) is 4.58. The number of amides is 1. The Labute approximate surface area is 161 Å². The number of halogens is 1. The largest absolute Gasteiger partial charge is 0.325 e. The van der Waals surface area contributed by atoms with Crippen molar-refractivity contribution in [2.75, 3.05) is 11.1 Å². The highest BCUT2D eigenvalue weighted by Crippen LogP contribution is 2.25.